The van der Waals surface area contributed by atoms with E-state index in [9.17, 15) is 0 Å². The largest absolute Gasteiger partial charge is 0.253 e. The molecule has 2 aromatic heterocycles. The Morgan fingerprint density at radius 3 is 1.47 bits per heavy atom. The van der Waals surface area contributed by atoms with E-state index in [4.69, 9.17) is 0 Å². The van der Waals surface area contributed by atoms with Gasteiger partial charge in [0.25, 0.3) is 0 Å². The van der Waals surface area contributed by atoms with Crippen LogP contribution in [0.3, 0.4) is 0 Å². The maximum absolute atomic E-state index is 4.24. The predicted octanol–water partition coefficient (Wildman–Crippen LogP) is 1.09. The van der Waals surface area contributed by atoms with E-state index in [-0.39, 0.29) is 6.15 Å². The summed E-state index contributed by atoms with van der Waals surface area (Å²) in [6, 6.07) is 3.80. The molecule has 5 heteroatoms. The van der Waals surface area contributed by atoms with Crippen molar-refractivity contribution >= 4 is 22.1 Å². The summed E-state index contributed by atoms with van der Waals surface area (Å²) in [5.74, 6) is 0. The molecule has 0 aliphatic rings. The third-order valence-corrected chi connectivity index (χ3v) is 2.08. The fraction of sp³-hybridized carbons (Fsp3) is 0. The summed E-state index contributed by atoms with van der Waals surface area (Å²) in [6.45, 7) is 0. The van der Waals surface area contributed by atoms with E-state index < -0.39 is 0 Å². The molecule has 0 N–H and O–H groups in total. The second kappa shape index (κ2) is 3.55. The minimum atomic E-state index is 0. The lowest BCUT2D eigenvalue weighted by atomic mass is 10.2. The number of hydrogen-bond acceptors (Lipinski definition) is 4. The highest BCUT2D eigenvalue weighted by molar-refractivity contribution is 5.99. The van der Waals surface area contributed by atoms with Crippen LogP contribution >= 0.6 is 0 Å². The molecule has 0 aliphatic heterocycles. The van der Waals surface area contributed by atoms with Crippen molar-refractivity contribution in [3.05, 3.63) is 36.9 Å². The normalized spacial score (nSPS) is 10.1. The highest BCUT2D eigenvalue weighted by atomic mass is 14.8. The Balaban J connectivity index is 0.000000853. The average molecular weight is 196 g/mol. The Kier molecular flexibility index (Phi) is 2.23. The molecule has 15 heavy (non-hydrogen) atoms. The number of hydrogen-bond donors (Lipinski definition) is 0. The molecule has 0 amide bonds. The molecule has 0 fully saturated rings. The summed E-state index contributed by atoms with van der Waals surface area (Å²) in [7, 11) is 0. The maximum Gasteiger partial charge on any atom is 0.116 e. The lowest BCUT2D eigenvalue weighted by molar-refractivity contribution is 1.26. The van der Waals surface area contributed by atoms with E-state index in [1.54, 1.807) is 24.8 Å². The molecule has 2 heterocycles. The van der Waals surface area contributed by atoms with Crippen LogP contribution in [-0.2, 0) is 0 Å². The van der Waals surface area contributed by atoms with Crippen molar-refractivity contribution in [3.8, 4) is 0 Å². The smallest absolute Gasteiger partial charge is 0.116 e. The van der Waals surface area contributed by atoms with Gasteiger partial charge < -0.3 is 0 Å². The lowest BCUT2D eigenvalue weighted by Crippen LogP contribution is -1.87. The van der Waals surface area contributed by atoms with Gasteiger partial charge >= 0.3 is 0 Å². The van der Waals surface area contributed by atoms with Crippen LogP contribution in [-0.4, -0.2) is 19.9 Å². The second-order valence-corrected chi connectivity index (χ2v) is 2.91. The highest BCUT2D eigenvalue weighted by Gasteiger charge is 2.02. The van der Waals surface area contributed by atoms with Crippen LogP contribution < -0.4 is 6.15 Å². The van der Waals surface area contributed by atoms with Crippen molar-refractivity contribution < 1.29 is 0 Å². The molecule has 0 bridgehead atoms. The van der Waals surface area contributed by atoms with Crippen LogP contribution in [0.5, 0.6) is 0 Å². The summed E-state index contributed by atoms with van der Waals surface area (Å²) in [4.78, 5) is 16.9. The van der Waals surface area contributed by atoms with Crippen molar-refractivity contribution in [2.24, 2.45) is 0 Å². The molecule has 3 aromatic rings. The highest BCUT2D eigenvalue weighted by Crippen LogP contribution is 2.17. The van der Waals surface area contributed by atoms with Crippen LogP contribution in [0, 0.1) is 0 Å². The molecule has 0 atom stereocenters. The third-order valence-electron chi connectivity index (χ3n) is 2.08. The summed E-state index contributed by atoms with van der Waals surface area (Å²) in [6.07, 6.45) is 6.67. The van der Waals surface area contributed by atoms with E-state index in [2.05, 4.69) is 19.9 Å². The molecule has 1 aromatic carbocycles. The molecule has 0 saturated carbocycles. The van der Waals surface area contributed by atoms with Gasteiger partial charge in [0, 0.05) is 30.9 Å². The zero-order valence-corrected chi connectivity index (χ0v) is 7.70. The molecule has 0 aliphatic carbocycles. The van der Waals surface area contributed by atoms with E-state index >= 15 is 0 Å². The number of aromatic nitrogens is 4. The average Bonchev–Trinajstić information content (AvgIpc) is 2.29. The summed E-state index contributed by atoms with van der Waals surface area (Å²) in [5.41, 5.74) is 3.30. The van der Waals surface area contributed by atoms with Gasteiger partial charge in [0.2, 0.25) is 0 Å². The first-order chi connectivity index (χ1) is 6.95. The Bertz CT molecular complexity index is 553. The third kappa shape index (κ3) is 1.38. The van der Waals surface area contributed by atoms with Gasteiger partial charge in [-0.05, 0) is 12.1 Å². The van der Waals surface area contributed by atoms with Gasteiger partial charge in [-0.25, -0.2) is 0 Å². The first-order valence-electron chi connectivity index (χ1n) is 4.25. The zero-order chi connectivity index (χ0) is 9.38. The molecule has 0 spiro atoms. The van der Waals surface area contributed by atoms with Crippen molar-refractivity contribution in [2.45, 2.75) is 0 Å². The zero-order valence-electron chi connectivity index (χ0n) is 7.70. The molecule has 0 saturated heterocycles. The summed E-state index contributed by atoms with van der Waals surface area (Å²) < 4.78 is 0. The molecule has 3 radical (unpaired) electrons. The van der Waals surface area contributed by atoms with Crippen LogP contribution in [0.25, 0.3) is 22.1 Å². The lowest BCUT2D eigenvalue weighted by Gasteiger charge is -1.98. The maximum atomic E-state index is 4.24. The van der Waals surface area contributed by atoms with E-state index in [1.165, 1.54) is 0 Å². The van der Waals surface area contributed by atoms with Gasteiger partial charge in [-0.15, -0.1) is 0 Å². The SMILES string of the molecule is [N].c1cnc2c(ccc3nccnc32)n1. The van der Waals surface area contributed by atoms with Crippen LogP contribution in [0.15, 0.2) is 36.9 Å². The van der Waals surface area contributed by atoms with Crippen molar-refractivity contribution in [2.75, 3.05) is 0 Å². The minimum Gasteiger partial charge on any atom is -0.253 e. The quantitative estimate of drug-likeness (QED) is 0.504. The van der Waals surface area contributed by atoms with Crippen molar-refractivity contribution in [1.82, 2.24) is 26.1 Å². The molecule has 3 rings (SSSR count). The number of rotatable bonds is 0. The molecular weight excluding hydrogens is 190 g/mol. The topological polar surface area (TPSA) is 82.1 Å². The van der Waals surface area contributed by atoms with Gasteiger partial charge in [0.15, 0.2) is 0 Å². The molecular formula is C10H6N5. The predicted molar refractivity (Wildman–Crippen MR) is 54.8 cm³/mol. The van der Waals surface area contributed by atoms with E-state index in [0.29, 0.717) is 0 Å². The van der Waals surface area contributed by atoms with Crippen LogP contribution in [0.1, 0.15) is 0 Å². The first kappa shape index (κ1) is 9.42. The number of fused-ring (bicyclic) bond motifs is 3. The second-order valence-electron chi connectivity index (χ2n) is 2.91. The number of benzene rings is 1. The van der Waals surface area contributed by atoms with Gasteiger partial charge in [0.1, 0.15) is 11.0 Å². The molecule has 5 nitrogen and oxygen atoms in total. The summed E-state index contributed by atoms with van der Waals surface area (Å²) in [5, 5.41) is 0. The minimum absolute atomic E-state index is 0. The fourth-order valence-corrected chi connectivity index (χ4v) is 1.46. The van der Waals surface area contributed by atoms with Gasteiger partial charge in [-0.2, -0.15) is 0 Å². The molecule has 0 unspecified atom stereocenters. The van der Waals surface area contributed by atoms with E-state index in [0.717, 1.165) is 22.1 Å². The van der Waals surface area contributed by atoms with Crippen LogP contribution in [0.2, 0.25) is 0 Å². The Morgan fingerprint density at radius 2 is 1.00 bits per heavy atom. The van der Waals surface area contributed by atoms with E-state index in [1.807, 2.05) is 12.1 Å². The summed E-state index contributed by atoms with van der Waals surface area (Å²) >= 11 is 0. The van der Waals surface area contributed by atoms with Gasteiger partial charge in [-0.1, -0.05) is 0 Å². The van der Waals surface area contributed by atoms with Gasteiger partial charge in [0.05, 0.1) is 11.0 Å². The van der Waals surface area contributed by atoms with Crippen LogP contribution in [0.4, 0.5) is 0 Å². The first-order valence-corrected chi connectivity index (χ1v) is 4.25. The number of nitrogens with zero attached hydrogens (tertiary/aromatic N) is 5. The Labute approximate surface area is 85.8 Å². The van der Waals surface area contributed by atoms with Crippen molar-refractivity contribution in [3.63, 3.8) is 0 Å². The van der Waals surface area contributed by atoms with Crippen molar-refractivity contribution in [1.29, 1.82) is 0 Å². The Morgan fingerprint density at radius 1 is 0.600 bits per heavy atom. The Hall–Kier alpha value is -2.14. The monoisotopic (exact) mass is 196 g/mol. The standard InChI is InChI=1S/C10H6N4.N/c1-2-8-10(14-6-4-12-8)9-7(1)11-3-5-13-9;/h1-6H;. The van der Waals surface area contributed by atoms with Gasteiger partial charge in [-0.3, -0.25) is 19.9 Å². The molecule has 71 valence electrons. The fourth-order valence-electron chi connectivity index (χ4n) is 1.46.